The molecule has 0 bridgehead atoms. The van der Waals surface area contributed by atoms with E-state index in [-0.39, 0.29) is 5.75 Å². The van der Waals surface area contributed by atoms with Crippen molar-refractivity contribution in [1.29, 1.82) is 0 Å². The molecular weight excluding hydrogens is 337 g/mol. The predicted molar refractivity (Wildman–Crippen MR) is 87.5 cm³/mol. The first kappa shape index (κ1) is 17.7. The Balaban J connectivity index is 1.81. The van der Waals surface area contributed by atoms with Crippen molar-refractivity contribution in [2.45, 2.75) is 13.0 Å². The second-order valence-corrected chi connectivity index (χ2v) is 5.31. The molecule has 7 heteroatoms. The van der Waals surface area contributed by atoms with Gasteiger partial charge in [-0.15, -0.1) is 0 Å². The van der Waals surface area contributed by atoms with Gasteiger partial charge in [0.15, 0.2) is 12.7 Å². The Morgan fingerprint density at radius 1 is 1.21 bits per heavy atom. The molecule has 5 nitrogen and oxygen atoms in total. The minimum Gasteiger partial charge on any atom is -0.482 e. The highest BCUT2D eigenvalue weighted by Crippen LogP contribution is 2.15. The van der Waals surface area contributed by atoms with Crippen LogP contribution in [0.3, 0.4) is 0 Å². The largest absolute Gasteiger partial charge is 0.482 e. The maximum absolute atomic E-state index is 13.0. The first-order valence-corrected chi connectivity index (χ1v) is 7.46. The Bertz CT molecular complexity index is 738. The van der Waals surface area contributed by atoms with Crippen LogP contribution in [0, 0.1) is 5.82 Å². The first-order chi connectivity index (χ1) is 11.4. The molecule has 0 aliphatic carbocycles. The molecule has 126 valence electrons. The van der Waals surface area contributed by atoms with Crippen molar-refractivity contribution in [2.24, 2.45) is 0 Å². The van der Waals surface area contributed by atoms with Gasteiger partial charge in [0.2, 0.25) is 0 Å². The van der Waals surface area contributed by atoms with E-state index in [0.717, 1.165) is 6.07 Å². The van der Waals surface area contributed by atoms with Crippen molar-refractivity contribution in [3.63, 3.8) is 0 Å². The van der Waals surface area contributed by atoms with Gasteiger partial charge in [0.05, 0.1) is 0 Å². The second-order valence-electron chi connectivity index (χ2n) is 4.88. The summed E-state index contributed by atoms with van der Waals surface area (Å²) in [5, 5.41) is 3.05. The fraction of sp³-hybridized carbons (Fsp3) is 0.176. The lowest BCUT2D eigenvalue weighted by atomic mass is 10.3. The van der Waals surface area contributed by atoms with Crippen molar-refractivity contribution in [1.82, 2.24) is 0 Å². The first-order valence-electron chi connectivity index (χ1n) is 7.08. The average Bonchev–Trinajstić information content (AvgIpc) is 2.53. The van der Waals surface area contributed by atoms with Crippen LogP contribution in [0.25, 0.3) is 0 Å². The van der Waals surface area contributed by atoms with E-state index in [1.807, 2.05) is 0 Å². The van der Waals surface area contributed by atoms with E-state index in [1.165, 1.54) is 25.1 Å². The van der Waals surface area contributed by atoms with Gasteiger partial charge in [-0.3, -0.25) is 4.79 Å². The van der Waals surface area contributed by atoms with Gasteiger partial charge >= 0.3 is 5.97 Å². The highest BCUT2D eigenvalue weighted by Gasteiger charge is 2.18. The van der Waals surface area contributed by atoms with E-state index in [4.69, 9.17) is 21.1 Å². The smallest absolute Gasteiger partial charge is 0.344 e. The van der Waals surface area contributed by atoms with Crippen molar-refractivity contribution in [3.8, 4) is 5.75 Å². The standard InChI is InChI=1S/C17H15ClFNO4/c1-11(17(22)20-14-6-2-4-12(18)8-14)24-16(21)10-23-15-7-3-5-13(19)9-15/h2-9,11H,10H2,1H3,(H,20,22)/t11-/m0/s1. The molecule has 2 rings (SSSR count). The Hall–Kier alpha value is -2.60. The molecule has 1 amide bonds. The lowest BCUT2D eigenvalue weighted by molar-refractivity contribution is -0.155. The molecule has 1 N–H and O–H groups in total. The van der Waals surface area contributed by atoms with Crippen LogP contribution in [0.5, 0.6) is 5.75 Å². The molecule has 1 atom stereocenters. The van der Waals surface area contributed by atoms with E-state index in [2.05, 4.69) is 5.32 Å². The number of halogens is 2. The monoisotopic (exact) mass is 351 g/mol. The van der Waals surface area contributed by atoms with Gasteiger partial charge in [-0.25, -0.2) is 9.18 Å². The van der Waals surface area contributed by atoms with E-state index < -0.39 is 30.4 Å². The Morgan fingerprint density at radius 2 is 1.96 bits per heavy atom. The number of ether oxygens (including phenoxy) is 2. The topological polar surface area (TPSA) is 64.6 Å². The third-order valence-corrected chi connectivity index (χ3v) is 3.16. The molecule has 0 spiro atoms. The lowest BCUT2D eigenvalue weighted by Crippen LogP contribution is -2.31. The minimum absolute atomic E-state index is 0.197. The molecule has 2 aromatic rings. The summed E-state index contributed by atoms with van der Waals surface area (Å²) in [5.41, 5.74) is 0.492. The number of hydrogen-bond acceptors (Lipinski definition) is 4. The number of benzene rings is 2. The molecule has 0 fully saturated rings. The van der Waals surface area contributed by atoms with Gasteiger partial charge in [0.25, 0.3) is 5.91 Å². The molecule has 0 unspecified atom stereocenters. The van der Waals surface area contributed by atoms with Crippen LogP contribution in [0.2, 0.25) is 5.02 Å². The minimum atomic E-state index is -1.02. The number of nitrogens with one attached hydrogen (secondary N) is 1. The zero-order valence-electron chi connectivity index (χ0n) is 12.8. The summed E-state index contributed by atoms with van der Waals surface area (Å²) < 4.78 is 23.0. The molecule has 24 heavy (non-hydrogen) atoms. The van der Waals surface area contributed by atoms with Crippen LogP contribution < -0.4 is 10.1 Å². The number of amides is 1. The van der Waals surface area contributed by atoms with Crippen LogP contribution in [-0.2, 0) is 14.3 Å². The Kier molecular flexibility index (Phi) is 6.14. The summed E-state index contributed by atoms with van der Waals surface area (Å²) in [6.45, 7) is 0.998. The molecule has 0 aliphatic heterocycles. The fourth-order valence-electron chi connectivity index (χ4n) is 1.79. The van der Waals surface area contributed by atoms with Crippen LogP contribution in [0.4, 0.5) is 10.1 Å². The number of carbonyl (C=O) groups excluding carboxylic acids is 2. The van der Waals surface area contributed by atoms with E-state index in [9.17, 15) is 14.0 Å². The van der Waals surface area contributed by atoms with Crippen molar-refractivity contribution in [2.75, 3.05) is 11.9 Å². The van der Waals surface area contributed by atoms with Crippen LogP contribution >= 0.6 is 11.6 Å². The third kappa shape index (κ3) is 5.55. The Morgan fingerprint density at radius 3 is 2.67 bits per heavy atom. The highest BCUT2D eigenvalue weighted by atomic mass is 35.5. The van der Waals surface area contributed by atoms with Gasteiger partial charge in [0, 0.05) is 16.8 Å². The van der Waals surface area contributed by atoms with Crippen LogP contribution in [0.15, 0.2) is 48.5 Å². The van der Waals surface area contributed by atoms with Crippen LogP contribution in [0.1, 0.15) is 6.92 Å². The van der Waals surface area contributed by atoms with Crippen LogP contribution in [-0.4, -0.2) is 24.6 Å². The van der Waals surface area contributed by atoms with E-state index in [1.54, 1.807) is 24.3 Å². The number of rotatable bonds is 6. The highest BCUT2D eigenvalue weighted by molar-refractivity contribution is 6.30. The predicted octanol–water partition coefficient (Wildman–Crippen LogP) is 3.43. The average molecular weight is 352 g/mol. The van der Waals surface area contributed by atoms with Gasteiger partial charge in [0.1, 0.15) is 11.6 Å². The fourth-order valence-corrected chi connectivity index (χ4v) is 1.98. The van der Waals surface area contributed by atoms with Gasteiger partial charge in [-0.2, -0.15) is 0 Å². The zero-order chi connectivity index (χ0) is 17.5. The molecule has 0 aliphatic rings. The molecular formula is C17H15ClFNO4. The molecule has 0 radical (unpaired) electrons. The molecule has 0 saturated carbocycles. The van der Waals surface area contributed by atoms with Gasteiger partial charge < -0.3 is 14.8 Å². The van der Waals surface area contributed by atoms with Crippen molar-refractivity contribution < 1.29 is 23.5 Å². The van der Waals surface area contributed by atoms with Gasteiger partial charge in [-0.05, 0) is 37.3 Å². The zero-order valence-corrected chi connectivity index (χ0v) is 13.5. The second kappa shape index (κ2) is 8.31. The summed E-state index contributed by atoms with van der Waals surface area (Å²) in [7, 11) is 0. The maximum Gasteiger partial charge on any atom is 0.344 e. The molecule has 2 aromatic carbocycles. The summed E-state index contributed by atoms with van der Waals surface area (Å²) in [4.78, 5) is 23.6. The SMILES string of the molecule is C[C@H](OC(=O)COc1cccc(F)c1)C(=O)Nc1cccc(Cl)c1. The summed E-state index contributed by atoms with van der Waals surface area (Å²) in [6.07, 6.45) is -1.02. The Labute approximate surface area is 143 Å². The molecule has 0 saturated heterocycles. The van der Waals surface area contributed by atoms with Crippen molar-refractivity contribution >= 4 is 29.2 Å². The van der Waals surface area contributed by atoms with E-state index >= 15 is 0 Å². The maximum atomic E-state index is 13.0. The van der Waals surface area contributed by atoms with Crippen molar-refractivity contribution in [3.05, 3.63) is 59.4 Å². The summed E-state index contributed by atoms with van der Waals surface area (Å²) in [5.74, 6) is -1.53. The number of carbonyl (C=O) groups is 2. The quantitative estimate of drug-likeness (QED) is 0.810. The molecule has 0 aromatic heterocycles. The number of hydrogen-bond donors (Lipinski definition) is 1. The normalized spacial score (nSPS) is 11.5. The lowest BCUT2D eigenvalue weighted by Gasteiger charge is -2.14. The van der Waals surface area contributed by atoms with E-state index in [0.29, 0.717) is 10.7 Å². The third-order valence-electron chi connectivity index (χ3n) is 2.92. The molecule has 0 heterocycles. The number of anilines is 1. The van der Waals surface area contributed by atoms with Gasteiger partial charge in [-0.1, -0.05) is 23.7 Å². The summed E-state index contributed by atoms with van der Waals surface area (Å²) >= 11 is 5.82. The number of esters is 1. The summed E-state index contributed by atoms with van der Waals surface area (Å²) in [6, 6.07) is 11.9.